The van der Waals surface area contributed by atoms with Crippen LogP contribution in [0, 0.1) is 0 Å². The maximum absolute atomic E-state index is 12.3. The predicted molar refractivity (Wildman–Crippen MR) is 101 cm³/mol. The van der Waals surface area contributed by atoms with Crippen molar-refractivity contribution in [3.05, 3.63) is 60.2 Å². The van der Waals surface area contributed by atoms with Gasteiger partial charge in [-0.1, -0.05) is 30.3 Å². The van der Waals surface area contributed by atoms with Gasteiger partial charge in [-0.2, -0.15) is 21.6 Å². The van der Waals surface area contributed by atoms with Crippen molar-refractivity contribution < 1.29 is 35.4 Å². The topological polar surface area (TPSA) is 95.9 Å². The van der Waals surface area contributed by atoms with Crippen molar-refractivity contribution >= 4 is 22.2 Å². The van der Waals surface area contributed by atoms with Crippen LogP contribution in [-0.4, -0.2) is 36.6 Å². The van der Waals surface area contributed by atoms with Gasteiger partial charge in [-0.05, 0) is 55.2 Å². The van der Waals surface area contributed by atoms with E-state index in [0.717, 1.165) is 18.5 Å². The summed E-state index contributed by atoms with van der Waals surface area (Å²) >= 11 is -0.127. The van der Waals surface area contributed by atoms with Crippen molar-refractivity contribution in [3.8, 4) is 5.75 Å². The summed E-state index contributed by atoms with van der Waals surface area (Å²) in [6.45, 7) is 0.779. The van der Waals surface area contributed by atoms with E-state index in [1.54, 1.807) is 12.1 Å². The van der Waals surface area contributed by atoms with Gasteiger partial charge in [0.05, 0.1) is 0 Å². The summed E-state index contributed by atoms with van der Waals surface area (Å²) in [4.78, 5) is 0.149. The first-order valence-corrected chi connectivity index (χ1v) is 10.1. The second-order valence-electron chi connectivity index (χ2n) is 5.38. The summed E-state index contributed by atoms with van der Waals surface area (Å²) < 4.78 is 74.6. The standard InChI is InChI=1S/C17H18F3NOS.H2O4S/c1-21-12-11-16(13-5-3-2-4-6-13)22-14-7-9-15(10-8-14)23-17(18,19)20;1-5(2,3)4/h2-10,16,21H,11-12H2,1H3;(H2,1,2,3,4). The van der Waals surface area contributed by atoms with Gasteiger partial charge in [0.1, 0.15) is 11.9 Å². The Morgan fingerprint density at radius 3 is 2.07 bits per heavy atom. The number of benzene rings is 2. The Labute approximate surface area is 165 Å². The first-order chi connectivity index (χ1) is 13.0. The zero-order valence-corrected chi connectivity index (χ0v) is 16.4. The van der Waals surface area contributed by atoms with Crippen molar-refractivity contribution in [3.63, 3.8) is 0 Å². The molecular formula is C17H20F3NO5S2. The molecule has 0 fully saturated rings. The van der Waals surface area contributed by atoms with Gasteiger partial charge in [0, 0.05) is 11.3 Å². The fourth-order valence-electron chi connectivity index (χ4n) is 2.12. The summed E-state index contributed by atoms with van der Waals surface area (Å²) in [7, 11) is -2.80. The molecule has 0 amide bonds. The molecule has 156 valence electrons. The molecule has 0 bridgehead atoms. The van der Waals surface area contributed by atoms with Crippen LogP contribution in [0.4, 0.5) is 13.2 Å². The van der Waals surface area contributed by atoms with Crippen molar-refractivity contribution in [2.24, 2.45) is 0 Å². The third-order valence-electron chi connectivity index (χ3n) is 3.16. The van der Waals surface area contributed by atoms with Crippen LogP contribution in [0.2, 0.25) is 0 Å². The quantitative estimate of drug-likeness (QED) is 0.435. The van der Waals surface area contributed by atoms with Crippen molar-refractivity contribution in [1.29, 1.82) is 0 Å². The fraction of sp³-hybridized carbons (Fsp3) is 0.294. The molecule has 0 heterocycles. The van der Waals surface area contributed by atoms with Crippen LogP contribution in [0.1, 0.15) is 18.1 Å². The Hall–Kier alpha value is -1.79. The molecule has 2 aromatic carbocycles. The first kappa shape index (κ1) is 24.2. The molecule has 0 aliphatic carbocycles. The largest absolute Gasteiger partial charge is 0.486 e. The Bertz CT molecular complexity index is 792. The highest BCUT2D eigenvalue weighted by molar-refractivity contribution is 8.00. The lowest BCUT2D eigenvalue weighted by atomic mass is 10.1. The molecule has 0 spiro atoms. The highest BCUT2D eigenvalue weighted by atomic mass is 32.3. The monoisotopic (exact) mass is 439 g/mol. The highest BCUT2D eigenvalue weighted by Crippen LogP contribution is 2.37. The number of hydrogen-bond donors (Lipinski definition) is 3. The Morgan fingerprint density at radius 1 is 1.07 bits per heavy atom. The van der Waals surface area contributed by atoms with Crippen LogP contribution in [0.5, 0.6) is 5.75 Å². The molecule has 0 aliphatic heterocycles. The summed E-state index contributed by atoms with van der Waals surface area (Å²) in [5.41, 5.74) is -3.24. The molecule has 0 saturated heterocycles. The zero-order chi connectivity index (χ0) is 21.2. The molecule has 1 unspecified atom stereocenters. The van der Waals surface area contributed by atoms with Crippen LogP contribution < -0.4 is 10.1 Å². The molecule has 0 radical (unpaired) electrons. The molecule has 6 nitrogen and oxygen atoms in total. The van der Waals surface area contributed by atoms with Crippen LogP contribution in [0.25, 0.3) is 0 Å². The Balaban J connectivity index is 0.000000696. The molecular weight excluding hydrogens is 419 g/mol. The lowest BCUT2D eigenvalue weighted by Crippen LogP contribution is -2.16. The molecule has 3 N–H and O–H groups in total. The minimum Gasteiger partial charge on any atom is -0.486 e. The van der Waals surface area contributed by atoms with Gasteiger partial charge in [-0.3, -0.25) is 9.11 Å². The number of rotatable bonds is 7. The van der Waals surface area contributed by atoms with Gasteiger partial charge in [0.25, 0.3) is 0 Å². The smallest absolute Gasteiger partial charge is 0.446 e. The van der Waals surface area contributed by atoms with Gasteiger partial charge in [0.15, 0.2) is 0 Å². The fourth-order valence-corrected chi connectivity index (χ4v) is 2.66. The summed E-state index contributed by atoms with van der Waals surface area (Å²) in [5, 5.41) is 3.08. The van der Waals surface area contributed by atoms with Crippen LogP contribution in [0.15, 0.2) is 59.5 Å². The SMILES string of the molecule is CNCCC(Oc1ccc(SC(F)(F)F)cc1)c1ccccc1.O=S(=O)(O)O. The Kier molecular flexibility index (Phi) is 9.76. The summed E-state index contributed by atoms with van der Waals surface area (Å²) in [5.74, 6) is 0.557. The number of ether oxygens (including phenoxy) is 1. The molecule has 28 heavy (non-hydrogen) atoms. The van der Waals surface area contributed by atoms with Gasteiger partial charge in [-0.25, -0.2) is 0 Å². The minimum absolute atomic E-state index is 0.127. The second kappa shape index (κ2) is 11.3. The van der Waals surface area contributed by atoms with Crippen LogP contribution in [-0.2, 0) is 10.4 Å². The van der Waals surface area contributed by atoms with E-state index in [4.69, 9.17) is 22.3 Å². The molecule has 0 saturated carbocycles. The van der Waals surface area contributed by atoms with Crippen molar-refractivity contribution in [2.45, 2.75) is 22.9 Å². The normalized spacial score (nSPS) is 12.6. The molecule has 11 heteroatoms. The van der Waals surface area contributed by atoms with E-state index in [1.165, 1.54) is 12.1 Å². The molecule has 2 rings (SSSR count). The number of hydrogen-bond acceptors (Lipinski definition) is 5. The summed E-state index contributed by atoms with van der Waals surface area (Å²) in [6, 6.07) is 15.8. The molecule has 2 aromatic rings. The number of halogens is 3. The van der Waals surface area contributed by atoms with E-state index in [2.05, 4.69) is 5.32 Å². The zero-order valence-electron chi connectivity index (χ0n) is 14.8. The number of thioether (sulfide) groups is 1. The summed E-state index contributed by atoms with van der Waals surface area (Å²) in [6.07, 6.45) is 0.615. The average Bonchev–Trinajstić information content (AvgIpc) is 2.58. The molecule has 0 aromatic heterocycles. The van der Waals surface area contributed by atoms with Crippen molar-refractivity contribution in [2.75, 3.05) is 13.6 Å². The van der Waals surface area contributed by atoms with Crippen LogP contribution >= 0.6 is 11.8 Å². The molecule has 1 atom stereocenters. The maximum atomic E-state index is 12.3. The Morgan fingerprint density at radius 2 is 1.61 bits per heavy atom. The van der Waals surface area contributed by atoms with Crippen molar-refractivity contribution in [1.82, 2.24) is 5.32 Å². The average molecular weight is 439 g/mol. The molecule has 0 aliphatic rings. The lowest BCUT2D eigenvalue weighted by Gasteiger charge is -2.20. The van der Waals surface area contributed by atoms with E-state index in [9.17, 15) is 13.2 Å². The van der Waals surface area contributed by atoms with Gasteiger partial charge in [0.2, 0.25) is 0 Å². The first-order valence-electron chi connectivity index (χ1n) is 7.90. The van der Waals surface area contributed by atoms with E-state index < -0.39 is 15.9 Å². The van der Waals surface area contributed by atoms with Gasteiger partial charge < -0.3 is 10.1 Å². The maximum Gasteiger partial charge on any atom is 0.446 e. The van der Waals surface area contributed by atoms with E-state index in [0.29, 0.717) is 5.75 Å². The van der Waals surface area contributed by atoms with Gasteiger partial charge in [-0.15, -0.1) is 0 Å². The lowest BCUT2D eigenvalue weighted by molar-refractivity contribution is -0.0328. The minimum atomic E-state index is -4.67. The van der Waals surface area contributed by atoms with Gasteiger partial charge >= 0.3 is 15.9 Å². The highest BCUT2D eigenvalue weighted by Gasteiger charge is 2.29. The van der Waals surface area contributed by atoms with Crippen LogP contribution in [0.3, 0.4) is 0 Å². The third-order valence-corrected chi connectivity index (χ3v) is 3.90. The second-order valence-corrected chi connectivity index (χ2v) is 7.41. The number of alkyl halides is 3. The third kappa shape index (κ3) is 11.8. The van der Waals surface area contributed by atoms with E-state index in [-0.39, 0.29) is 22.8 Å². The van der Waals surface area contributed by atoms with E-state index >= 15 is 0 Å². The number of nitrogens with one attached hydrogen (secondary N) is 1. The predicted octanol–water partition coefficient (Wildman–Crippen LogP) is 4.38. The van der Waals surface area contributed by atoms with E-state index in [1.807, 2.05) is 37.4 Å².